The molecule has 1 aromatic rings. The van der Waals surface area contributed by atoms with Gasteiger partial charge >= 0.3 is 0 Å². The van der Waals surface area contributed by atoms with Gasteiger partial charge in [-0.1, -0.05) is 0 Å². The summed E-state index contributed by atoms with van der Waals surface area (Å²) in [6.45, 7) is 9.44. The Morgan fingerprint density at radius 2 is 1.76 bits per heavy atom. The molecule has 5 nitrogen and oxygen atoms in total. The number of ether oxygens (including phenoxy) is 2. The number of hydrogen-bond acceptors (Lipinski definition) is 5. The van der Waals surface area contributed by atoms with Crippen LogP contribution in [0.5, 0.6) is 5.75 Å². The number of anilines is 1. The monoisotopic (exact) mass is 347 g/mol. The van der Waals surface area contributed by atoms with Gasteiger partial charge in [0.05, 0.1) is 6.61 Å². The topological polar surface area (TPSA) is 28.2 Å². The van der Waals surface area contributed by atoms with Crippen LogP contribution in [0, 0.1) is 5.92 Å². The summed E-state index contributed by atoms with van der Waals surface area (Å²) in [4.78, 5) is 7.58. The van der Waals surface area contributed by atoms with Crippen molar-refractivity contribution in [3.63, 3.8) is 0 Å². The number of piperazine rings is 1. The summed E-state index contributed by atoms with van der Waals surface area (Å²) in [5, 5.41) is 0. The fourth-order valence-electron chi connectivity index (χ4n) is 3.37. The number of nitrogens with zero attached hydrogens (tertiary/aromatic N) is 3. The van der Waals surface area contributed by atoms with E-state index in [4.69, 9.17) is 9.47 Å². The van der Waals surface area contributed by atoms with Crippen molar-refractivity contribution in [3.05, 3.63) is 24.3 Å². The van der Waals surface area contributed by atoms with Crippen LogP contribution < -0.4 is 9.64 Å². The standard InChI is InChI=1S/C20H33N3O2/c1-21(17-18-3-4-18)9-10-22-11-13-23(14-12-22)19-5-7-20(8-6-19)25-16-15-24-2/h5-8,18H,3-4,9-17H2,1-2H3. The van der Waals surface area contributed by atoms with E-state index >= 15 is 0 Å². The summed E-state index contributed by atoms with van der Waals surface area (Å²) in [5.41, 5.74) is 1.30. The molecule has 0 spiro atoms. The van der Waals surface area contributed by atoms with Crippen LogP contribution in [0.1, 0.15) is 12.8 Å². The van der Waals surface area contributed by atoms with E-state index in [1.54, 1.807) is 7.11 Å². The molecule has 3 rings (SSSR count). The summed E-state index contributed by atoms with van der Waals surface area (Å²) >= 11 is 0. The summed E-state index contributed by atoms with van der Waals surface area (Å²) in [6, 6.07) is 8.46. The lowest BCUT2D eigenvalue weighted by molar-refractivity contribution is 0.146. The Morgan fingerprint density at radius 3 is 2.40 bits per heavy atom. The maximum absolute atomic E-state index is 5.64. The fraction of sp³-hybridized carbons (Fsp3) is 0.700. The molecule has 1 aliphatic carbocycles. The number of benzene rings is 1. The van der Waals surface area contributed by atoms with E-state index in [0.717, 1.165) is 37.8 Å². The van der Waals surface area contributed by atoms with E-state index in [2.05, 4.69) is 46.0 Å². The average molecular weight is 348 g/mol. The summed E-state index contributed by atoms with van der Waals surface area (Å²) in [5.74, 6) is 1.90. The third kappa shape index (κ3) is 6.17. The second kappa shape index (κ2) is 9.41. The van der Waals surface area contributed by atoms with Crippen LogP contribution in [0.2, 0.25) is 0 Å². The highest BCUT2D eigenvalue weighted by molar-refractivity contribution is 5.49. The minimum Gasteiger partial charge on any atom is -0.491 e. The SMILES string of the molecule is COCCOc1ccc(N2CCN(CCN(C)CC3CC3)CC2)cc1. The molecule has 0 amide bonds. The second-order valence-electron chi connectivity index (χ2n) is 7.37. The lowest BCUT2D eigenvalue weighted by atomic mass is 10.2. The van der Waals surface area contributed by atoms with Crippen molar-refractivity contribution < 1.29 is 9.47 Å². The molecule has 0 aromatic heterocycles. The molecule has 2 fully saturated rings. The number of methoxy groups -OCH3 is 1. The number of rotatable bonds is 10. The van der Waals surface area contributed by atoms with Gasteiger partial charge in [-0.2, -0.15) is 0 Å². The zero-order valence-electron chi connectivity index (χ0n) is 15.8. The van der Waals surface area contributed by atoms with Crippen LogP contribution in [0.25, 0.3) is 0 Å². The molecule has 0 bridgehead atoms. The van der Waals surface area contributed by atoms with Crippen molar-refractivity contribution in [3.8, 4) is 5.75 Å². The van der Waals surface area contributed by atoms with Crippen molar-refractivity contribution in [2.45, 2.75) is 12.8 Å². The molecule has 0 N–H and O–H groups in total. The van der Waals surface area contributed by atoms with Crippen molar-refractivity contribution in [1.82, 2.24) is 9.80 Å². The molecule has 1 heterocycles. The Labute approximate surface area is 152 Å². The molecule has 1 aliphatic heterocycles. The molecule has 0 radical (unpaired) electrons. The zero-order valence-corrected chi connectivity index (χ0v) is 15.8. The lowest BCUT2D eigenvalue weighted by Crippen LogP contribution is -2.48. The van der Waals surface area contributed by atoms with Gasteiger partial charge in [0.25, 0.3) is 0 Å². The van der Waals surface area contributed by atoms with E-state index < -0.39 is 0 Å². The van der Waals surface area contributed by atoms with Crippen LogP contribution in [0.3, 0.4) is 0 Å². The maximum Gasteiger partial charge on any atom is 0.119 e. The van der Waals surface area contributed by atoms with Gasteiger partial charge in [-0.25, -0.2) is 0 Å². The van der Waals surface area contributed by atoms with Gasteiger partial charge in [0, 0.05) is 58.6 Å². The van der Waals surface area contributed by atoms with Crippen molar-refractivity contribution in [2.75, 3.05) is 78.1 Å². The van der Waals surface area contributed by atoms with Gasteiger partial charge in [-0.05, 0) is 50.1 Å². The molecule has 5 heteroatoms. The first-order valence-corrected chi connectivity index (χ1v) is 9.62. The van der Waals surface area contributed by atoms with Crippen molar-refractivity contribution in [2.24, 2.45) is 5.92 Å². The Morgan fingerprint density at radius 1 is 1.04 bits per heavy atom. The predicted molar refractivity (Wildman–Crippen MR) is 103 cm³/mol. The molecule has 1 aromatic carbocycles. The minimum atomic E-state index is 0.601. The summed E-state index contributed by atoms with van der Waals surface area (Å²) in [6.07, 6.45) is 2.89. The van der Waals surface area contributed by atoms with Crippen molar-refractivity contribution in [1.29, 1.82) is 0 Å². The number of hydrogen-bond donors (Lipinski definition) is 0. The molecule has 2 aliphatic rings. The van der Waals surface area contributed by atoms with Crippen LogP contribution in [-0.2, 0) is 4.74 Å². The molecular weight excluding hydrogens is 314 g/mol. The molecule has 25 heavy (non-hydrogen) atoms. The largest absolute Gasteiger partial charge is 0.491 e. The van der Waals surface area contributed by atoms with Gasteiger partial charge in [-0.3, -0.25) is 4.90 Å². The Bertz CT molecular complexity index is 496. The summed E-state index contributed by atoms with van der Waals surface area (Å²) in [7, 11) is 3.96. The zero-order chi connectivity index (χ0) is 17.5. The lowest BCUT2D eigenvalue weighted by Gasteiger charge is -2.36. The first-order valence-electron chi connectivity index (χ1n) is 9.62. The van der Waals surface area contributed by atoms with Gasteiger partial charge in [0.2, 0.25) is 0 Å². The Hall–Kier alpha value is -1.30. The highest BCUT2D eigenvalue weighted by Gasteiger charge is 2.23. The van der Waals surface area contributed by atoms with Crippen LogP contribution >= 0.6 is 0 Å². The normalized spacial score (nSPS) is 18.8. The smallest absolute Gasteiger partial charge is 0.119 e. The fourth-order valence-corrected chi connectivity index (χ4v) is 3.37. The van der Waals surface area contributed by atoms with E-state index in [1.165, 1.54) is 38.2 Å². The van der Waals surface area contributed by atoms with E-state index in [9.17, 15) is 0 Å². The van der Waals surface area contributed by atoms with E-state index in [-0.39, 0.29) is 0 Å². The predicted octanol–water partition coefficient (Wildman–Crippen LogP) is 2.18. The first kappa shape index (κ1) is 18.5. The van der Waals surface area contributed by atoms with Gasteiger partial charge in [0.15, 0.2) is 0 Å². The molecule has 0 unspecified atom stereocenters. The van der Waals surface area contributed by atoms with Gasteiger partial charge in [-0.15, -0.1) is 0 Å². The molecular formula is C20H33N3O2. The van der Waals surface area contributed by atoms with Gasteiger partial charge < -0.3 is 19.3 Å². The highest BCUT2D eigenvalue weighted by atomic mass is 16.5. The van der Waals surface area contributed by atoms with Gasteiger partial charge in [0.1, 0.15) is 12.4 Å². The quantitative estimate of drug-likeness (QED) is 0.605. The molecule has 1 saturated heterocycles. The van der Waals surface area contributed by atoms with E-state index in [0.29, 0.717) is 13.2 Å². The van der Waals surface area contributed by atoms with Crippen LogP contribution in [0.15, 0.2) is 24.3 Å². The van der Waals surface area contributed by atoms with Crippen molar-refractivity contribution >= 4 is 5.69 Å². The average Bonchev–Trinajstić information content (AvgIpc) is 3.45. The molecule has 140 valence electrons. The third-order valence-electron chi connectivity index (χ3n) is 5.20. The minimum absolute atomic E-state index is 0.601. The third-order valence-corrected chi connectivity index (χ3v) is 5.20. The first-order chi connectivity index (χ1) is 12.2. The maximum atomic E-state index is 5.64. The van der Waals surface area contributed by atoms with E-state index in [1.807, 2.05) is 0 Å². The van der Waals surface area contributed by atoms with Crippen LogP contribution in [0.4, 0.5) is 5.69 Å². The Balaban J connectivity index is 1.36. The second-order valence-corrected chi connectivity index (χ2v) is 7.37. The molecule has 0 atom stereocenters. The Kier molecular flexibility index (Phi) is 6.96. The highest BCUT2D eigenvalue weighted by Crippen LogP contribution is 2.29. The summed E-state index contributed by atoms with van der Waals surface area (Å²) < 4.78 is 10.6. The van der Waals surface area contributed by atoms with Crippen LogP contribution in [-0.4, -0.2) is 83.0 Å². The molecule has 1 saturated carbocycles. The number of likely N-dealkylation sites (N-methyl/N-ethyl adjacent to an activating group) is 1.